The predicted octanol–water partition coefficient (Wildman–Crippen LogP) is 1.10. The van der Waals surface area contributed by atoms with Crippen LogP contribution in [0.25, 0.3) is 5.69 Å². The summed E-state index contributed by atoms with van der Waals surface area (Å²) in [7, 11) is 0. The molecule has 1 fully saturated rings. The third kappa shape index (κ3) is 3.76. The second-order valence-corrected chi connectivity index (χ2v) is 6.41. The molecule has 1 aromatic carbocycles. The van der Waals surface area contributed by atoms with Crippen LogP contribution in [0.4, 0.5) is 10.5 Å². The summed E-state index contributed by atoms with van der Waals surface area (Å²) in [4.78, 5) is 23.2. The van der Waals surface area contributed by atoms with Gasteiger partial charge in [0, 0.05) is 24.6 Å². The molecule has 25 heavy (non-hydrogen) atoms. The molecule has 3 rings (SSSR count). The fourth-order valence-corrected chi connectivity index (χ4v) is 2.76. The maximum Gasteiger partial charge on any atom is 0.319 e. The molecule has 0 spiro atoms. The number of hydrogen-bond acceptors (Lipinski definition) is 5. The number of tetrazole rings is 1. The Hall–Kier alpha value is -2.97. The molecule has 2 heterocycles. The number of nitrogens with zero attached hydrogens (tertiary/aromatic N) is 4. The van der Waals surface area contributed by atoms with Crippen molar-refractivity contribution in [2.45, 2.75) is 39.2 Å². The second kappa shape index (κ2) is 6.88. The van der Waals surface area contributed by atoms with E-state index in [-0.39, 0.29) is 23.9 Å². The van der Waals surface area contributed by atoms with Crippen LogP contribution in [0.5, 0.6) is 0 Å². The van der Waals surface area contributed by atoms with Gasteiger partial charge in [-0.25, -0.2) is 4.79 Å². The lowest BCUT2D eigenvalue weighted by Crippen LogP contribution is -2.39. The molecule has 1 atom stereocenters. The highest BCUT2D eigenvalue weighted by Crippen LogP contribution is 2.21. The normalized spacial score (nSPS) is 16.8. The van der Waals surface area contributed by atoms with E-state index in [0.29, 0.717) is 18.7 Å². The summed E-state index contributed by atoms with van der Waals surface area (Å²) in [6.45, 7) is 6.45. The minimum atomic E-state index is -0.334. The van der Waals surface area contributed by atoms with E-state index in [1.807, 2.05) is 32.9 Å². The first-order chi connectivity index (χ1) is 11.9. The number of hydrogen-bond donors (Lipinski definition) is 3. The number of aromatic nitrogens is 4. The van der Waals surface area contributed by atoms with Crippen molar-refractivity contribution in [3.8, 4) is 5.69 Å². The van der Waals surface area contributed by atoms with Crippen LogP contribution in [0.1, 0.15) is 37.6 Å². The lowest BCUT2D eigenvalue weighted by atomic mass is 10.1. The Kier molecular flexibility index (Phi) is 4.64. The maximum atomic E-state index is 12.0. The van der Waals surface area contributed by atoms with Crippen LogP contribution in [0, 0.1) is 6.92 Å². The van der Waals surface area contributed by atoms with Gasteiger partial charge >= 0.3 is 6.03 Å². The monoisotopic (exact) mass is 343 g/mol. The van der Waals surface area contributed by atoms with Crippen LogP contribution in [0.15, 0.2) is 18.2 Å². The van der Waals surface area contributed by atoms with E-state index < -0.39 is 0 Å². The number of carbonyl (C=O) groups is 2. The number of aryl methyl sites for hydroxylation is 1. The highest BCUT2D eigenvalue weighted by Gasteiger charge is 2.23. The van der Waals surface area contributed by atoms with E-state index in [0.717, 1.165) is 17.1 Å². The summed E-state index contributed by atoms with van der Waals surface area (Å²) < 4.78 is 1.71. The van der Waals surface area contributed by atoms with Crippen molar-refractivity contribution in [3.05, 3.63) is 29.6 Å². The molecule has 3 amide bonds. The Morgan fingerprint density at radius 2 is 2.20 bits per heavy atom. The zero-order chi connectivity index (χ0) is 18.0. The van der Waals surface area contributed by atoms with Crippen LogP contribution >= 0.6 is 0 Å². The number of anilines is 1. The van der Waals surface area contributed by atoms with E-state index in [4.69, 9.17) is 0 Å². The molecule has 3 N–H and O–H groups in total. The average Bonchev–Trinajstić information content (AvgIpc) is 3.16. The molecule has 0 unspecified atom stereocenters. The number of nitrogens with one attached hydrogen (secondary N) is 3. The first-order valence-electron chi connectivity index (χ1n) is 8.17. The van der Waals surface area contributed by atoms with Crippen molar-refractivity contribution < 1.29 is 9.59 Å². The third-order valence-corrected chi connectivity index (χ3v) is 4.01. The number of benzene rings is 1. The third-order valence-electron chi connectivity index (χ3n) is 4.01. The van der Waals surface area contributed by atoms with E-state index >= 15 is 0 Å². The molecule has 132 valence electrons. The SMILES string of the molecule is Cc1cc(NC(=O)N[C@H]2CNC(=O)C2)ccc1-n1nnnc1C(C)C. The fraction of sp³-hybridized carbons (Fsp3) is 0.438. The van der Waals surface area contributed by atoms with Crippen LogP contribution in [0.2, 0.25) is 0 Å². The quantitative estimate of drug-likeness (QED) is 0.769. The molecule has 1 aromatic heterocycles. The van der Waals surface area contributed by atoms with Gasteiger partial charge in [-0.05, 0) is 41.1 Å². The summed E-state index contributed by atoms with van der Waals surface area (Å²) in [6.07, 6.45) is 0.308. The van der Waals surface area contributed by atoms with Gasteiger partial charge in [-0.2, -0.15) is 4.68 Å². The summed E-state index contributed by atoms with van der Waals surface area (Å²) >= 11 is 0. The lowest BCUT2D eigenvalue weighted by Gasteiger charge is -2.14. The minimum absolute atomic E-state index is 0.0482. The van der Waals surface area contributed by atoms with Gasteiger partial charge in [0.25, 0.3) is 0 Å². The Balaban J connectivity index is 1.70. The number of rotatable bonds is 4. The molecule has 0 saturated carbocycles. The number of urea groups is 1. The van der Waals surface area contributed by atoms with Gasteiger partial charge in [0.05, 0.1) is 11.7 Å². The Morgan fingerprint density at radius 1 is 1.40 bits per heavy atom. The summed E-state index contributed by atoms with van der Waals surface area (Å²) in [5.41, 5.74) is 2.46. The molecule has 1 aliphatic rings. The van der Waals surface area contributed by atoms with Gasteiger partial charge in [-0.15, -0.1) is 5.10 Å². The summed E-state index contributed by atoms with van der Waals surface area (Å²) in [5, 5.41) is 20.1. The highest BCUT2D eigenvalue weighted by atomic mass is 16.2. The average molecular weight is 343 g/mol. The Bertz CT molecular complexity index is 800. The second-order valence-electron chi connectivity index (χ2n) is 6.41. The zero-order valence-electron chi connectivity index (χ0n) is 14.4. The first-order valence-corrected chi connectivity index (χ1v) is 8.17. The van der Waals surface area contributed by atoms with Crippen LogP contribution in [-0.4, -0.2) is 44.7 Å². The molecule has 1 saturated heterocycles. The molecule has 0 radical (unpaired) electrons. The number of amides is 3. The van der Waals surface area contributed by atoms with Gasteiger partial charge in [0.2, 0.25) is 5.91 Å². The summed E-state index contributed by atoms with van der Waals surface area (Å²) in [5.74, 6) is 0.925. The molecular weight excluding hydrogens is 322 g/mol. The Labute approximate surface area is 145 Å². The minimum Gasteiger partial charge on any atom is -0.354 e. The van der Waals surface area contributed by atoms with E-state index in [9.17, 15) is 9.59 Å². The van der Waals surface area contributed by atoms with Gasteiger partial charge in [-0.1, -0.05) is 13.8 Å². The van der Waals surface area contributed by atoms with Gasteiger partial charge < -0.3 is 16.0 Å². The first kappa shape index (κ1) is 16.9. The van der Waals surface area contributed by atoms with E-state index in [1.165, 1.54) is 0 Å². The van der Waals surface area contributed by atoms with Crippen LogP contribution in [-0.2, 0) is 4.79 Å². The van der Waals surface area contributed by atoms with Gasteiger partial charge in [0.15, 0.2) is 5.82 Å². The predicted molar refractivity (Wildman–Crippen MR) is 91.5 cm³/mol. The summed E-state index contributed by atoms with van der Waals surface area (Å²) in [6, 6.07) is 5.01. The van der Waals surface area contributed by atoms with E-state index in [1.54, 1.807) is 10.7 Å². The molecular formula is C16H21N7O2. The van der Waals surface area contributed by atoms with E-state index in [2.05, 4.69) is 31.5 Å². The largest absolute Gasteiger partial charge is 0.354 e. The van der Waals surface area contributed by atoms with Gasteiger partial charge in [-0.3, -0.25) is 4.79 Å². The molecule has 1 aliphatic heterocycles. The van der Waals surface area contributed by atoms with Crippen molar-refractivity contribution in [1.82, 2.24) is 30.8 Å². The molecule has 9 nitrogen and oxygen atoms in total. The number of carbonyl (C=O) groups excluding carboxylic acids is 2. The van der Waals surface area contributed by atoms with Crippen molar-refractivity contribution >= 4 is 17.6 Å². The topological polar surface area (TPSA) is 114 Å². The zero-order valence-corrected chi connectivity index (χ0v) is 14.4. The van der Waals surface area contributed by atoms with Crippen LogP contribution < -0.4 is 16.0 Å². The van der Waals surface area contributed by atoms with Crippen molar-refractivity contribution in [3.63, 3.8) is 0 Å². The molecule has 9 heteroatoms. The molecule has 0 bridgehead atoms. The Morgan fingerprint density at radius 3 is 2.84 bits per heavy atom. The smallest absolute Gasteiger partial charge is 0.319 e. The maximum absolute atomic E-state index is 12.0. The standard InChI is InChI=1S/C16H21N7O2/c1-9(2)15-20-21-22-23(15)13-5-4-11(6-10(13)3)18-16(25)19-12-7-14(24)17-8-12/h4-6,9,12H,7-8H2,1-3H3,(H,17,24)(H2,18,19,25)/t12-/m1/s1. The molecule has 0 aliphatic carbocycles. The lowest BCUT2D eigenvalue weighted by molar-refractivity contribution is -0.119. The molecule has 2 aromatic rings. The van der Waals surface area contributed by atoms with Gasteiger partial charge in [0.1, 0.15) is 0 Å². The van der Waals surface area contributed by atoms with Crippen molar-refractivity contribution in [2.24, 2.45) is 0 Å². The van der Waals surface area contributed by atoms with Crippen molar-refractivity contribution in [2.75, 3.05) is 11.9 Å². The fourth-order valence-electron chi connectivity index (χ4n) is 2.76. The van der Waals surface area contributed by atoms with Crippen LogP contribution in [0.3, 0.4) is 0 Å². The van der Waals surface area contributed by atoms with Crippen molar-refractivity contribution in [1.29, 1.82) is 0 Å². The highest BCUT2D eigenvalue weighted by molar-refractivity contribution is 5.90.